The molecule has 31 heavy (non-hydrogen) atoms. The lowest BCUT2D eigenvalue weighted by atomic mass is 10.3. The number of guanidine groups is 1. The van der Waals surface area contributed by atoms with Gasteiger partial charge in [0.2, 0.25) is 0 Å². The minimum Gasteiger partial charge on any atom is -0.382 e. The molecule has 0 unspecified atom stereocenters. The largest absolute Gasteiger partial charge is 0.382 e. The van der Waals surface area contributed by atoms with Crippen LogP contribution in [0.5, 0.6) is 0 Å². The molecule has 0 saturated heterocycles. The van der Waals surface area contributed by atoms with Gasteiger partial charge in [-0.05, 0) is 31.9 Å². The summed E-state index contributed by atoms with van der Waals surface area (Å²) in [5.41, 5.74) is 1.22. The normalized spacial score (nSPS) is 11.5. The van der Waals surface area contributed by atoms with Crippen molar-refractivity contribution >= 4 is 11.6 Å². The van der Waals surface area contributed by atoms with Crippen molar-refractivity contribution in [1.29, 1.82) is 0 Å². The van der Waals surface area contributed by atoms with E-state index >= 15 is 0 Å². The minimum absolute atomic E-state index is 0.473. The van der Waals surface area contributed by atoms with E-state index in [0.717, 1.165) is 50.1 Å². The zero-order chi connectivity index (χ0) is 22.3. The average Bonchev–Trinajstić information content (AvgIpc) is 3.11. The first-order valence-electron chi connectivity index (χ1n) is 10.8. The number of methoxy groups -OCH3 is 1. The molecular weight excluding hydrogens is 394 g/mol. The fourth-order valence-electron chi connectivity index (χ4n) is 2.87. The quantitative estimate of drug-likeness (QED) is 0.268. The van der Waals surface area contributed by atoms with E-state index in [0.29, 0.717) is 26.4 Å². The maximum absolute atomic E-state index is 5.52. The summed E-state index contributed by atoms with van der Waals surface area (Å²) < 4.78 is 12.5. The molecular formula is C22H37N7O2. The molecule has 9 heteroatoms. The Balaban J connectivity index is 1.78. The number of nitrogens with one attached hydrogen (secondary N) is 2. The van der Waals surface area contributed by atoms with Crippen LogP contribution in [0.1, 0.15) is 24.5 Å². The van der Waals surface area contributed by atoms with E-state index in [1.54, 1.807) is 7.11 Å². The highest BCUT2D eigenvalue weighted by molar-refractivity contribution is 5.79. The van der Waals surface area contributed by atoms with Gasteiger partial charge in [-0.3, -0.25) is 0 Å². The third-order valence-electron chi connectivity index (χ3n) is 4.91. The van der Waals surface area contributed by atoms with Crippen molar-refractivity contribution in [2.45, 2.75) is 26.3 Å². The van der Waals surface area contributed by atoms with Crippen LogP contribution in [0.4, 0.5) is 5.69 Å². The Morgan fingerprint density at radius 2 is 1.81 bits per heavy atom. The van der Waals surface area contributed by atoms with Crippen molar-refractivity contribution in [3.05, 3.63) is 42.0 Å². The fraction of sp³-hybridized carbons (Fsp3) is 0.591. The van der Waals surface area contributed by atoms with Gasteiger partial charge in [-0.25, -0.2) is 4.99 Å². The van der Waals surface area contributed by atoms with Gasteiger partial charge in [-0.15, -0.1) is 10.2 Å². The van der Waals surface area contributed by atoms with Crippen LogP contribution in [0.2, 0.25) is 0 Å². The van der Waals surface area contributed by atoms with Gasteiger partial charge in [0.05, 0.1) is 13.2 Å². The highest BCUT2D eigenvalue weighted by Crippen LogP contribution is 2.10. The van der Waals surface area contributed by atoms with E-state index in [1.807, 2.05) is 24.6 Å². The Labute approximate surface area is 185 Å². The molecule has 1 aromatic carbocycles. The van der Waals surface area contributed by atoms with Crippen LogP contribution < -0.4 is 15.5 Å². The summed E-state index contributed by atoms with van der Waals surface area (Å²) in [5, 5.41) is 15.1. The molecule has 1 aromatic heterocycles. The molecule has 1 heterocycles. The second-order valence-electron chi connectivity index (χ2n) is 7.31. The second kappa shape index (κ2) is 14.4. The predicted molar refractivity (Wildman–Crippen MR) is 125 cm³/mol. The fourth-order valence-corrected chi connectivity index (χ4v) is 2.87. The van der Waals surface area contributed by atoms with E-state index in [2.05, 4.69) is 62.0 Å². The van der Waals surface area contributed by atoms with Crippen LogP contribution in [0, 0.1) is 6.92 Å². The Morgan fingerprint density at radius 1 is 1.06 bits per heavy atom. The van der Waals surface area contributed by atoms with E-state index in [4.69, 9.17) is 9.47 Å². The lowest BCUT2D eigenvalue weighted by molar-refractivity contribution is 0.0698. The summed E-state index contributed by atoms with van der Waals surface area (Å²) in [7, 11) is 5.75. The van der Waals surface area contributed by atoms with Crippen molar-refractivity contribution in [3.8, 4) is 0 Å². The number of hydrogen-bond acceptors (Lipinski definition) is 6. The molecule has 0 fully saturated rings. The molecule has 0 radical (unpaired) electrons. The molecule has 0 aliphatic carbocycles. The summed E-state index contributed by atoms with van der Waals surface area (Å²) in [4.78, 5) is 6.94. The molecule has 172 valence electrons. The predicted octanol–water partition coefficient (Wildman–Crippen LogP) is 1.74. The summed E-state index contributed by atoms with van der Waals surface area (Å²) in [6, 6.07) is 10.4. The number of nitrogens with zero attached hydrogens (tertiary/aromatic N) is 5. The summed E-state index contributed by atoms with van der Waals surface area (Å²) in [5.74, 6) is 2.50. The standard InChI is InChI=1S/C22H37N7O2/c1-19-26-27-21(29(19)3)18-25-22(24-13-9-15-31-17-16-30-4)23-12-8-14-28(2)20-10-6-5-7-11-20/h5-7,10-11H,8-9,12-18H2,1-4H3,(H2,23,24,25). The monoisotopic (exact) mass is 431 g/mol. The first kappa shape index (κ1) is 24.6. The van der Waals surface area contributed by atoms with Crippen molar-refractivity contribution in [1.82, 2.24) is 25.4 Å². The van der Waals surface area contributed by atoms with Gasteiger partial charge in [-0.1, -0.05) is 18.2 Å². The summed E-state index contributed by atoms with van der Waals surface area (Å²) >= 11 is 0. The molecule has 2 N–H and O–H groups in total. The van der Waals surface area contributed by atoms with Crippen molar-refractivity contribution < 1.29 is 9.47 Å². The molecule has 0 aliphatic heterocycles. The van der Waals surface area contributed by atoms with Crippen LogP contribution >= 0.6 is 0 Å². The van der Waals surface area contributed by atoms with Crippen LogP contribution in [0.15, 0.2) is 35.3 Å². The number of hydrogen-bond donors (Lipinski definition) is 2. The number of anilines is 1. The maximum Gasteiger partial charge on any atom is 0.191 e. The van der Waals surface area contributed by atoms with Crippen LogP contribution in [-0.4, -0.2) is 74.3 Å². The molecule has 0 bridgehead atoms. The van der Waals surface area contributed by atoms with Gasteiger partial charge in [0.15, 0.2) is 11.8 Å². The van der Waals surface area contributed by atoms with Crippen LogP contribution in [0.3, 0.4) is 0 Å². The molecule has 2 rings (SSSR count). The molecule has 0 atom stereocenters. The molecule has 0 saturated carbocycles. The summed E-state index contributed by atoms with van der Waals surface area (Å²) in [6.45, 7) is 6.90. The third-order valence-corrected chi connectivity index (χ3v) is 4.91. The van der Waals surface area contributed by atoms with E-state index in [9.17, 15) is 0 Å². The van der Waals surface area contributed by atoms with Gasteiger partial charge in [0.1, 0.15) is 12.4 Å². The zero-order valence-corrected chi connectivity index (χ0v) is 19.3. The topological polar surface area (TPSA) is 88.8 Å². The number of rotatable bonds is 14. The Hall–Kier alpha value is -2.65. The minimum atomic E-state index is 0.473. The Kier molecular flexibility index (Phi) is 11.4. The molecule has 0 amide bonds. The highest BCUT2D eigenvalue weighted by Gasteiger charge is 2.06. The van der Waals surface area contributed by atoms with Crippen molar-refractivity contribution in [2.75, 3.05) is 58.5 Å². The van der Waals surface area contributed by atoms with E-state index in [-0.39, 0.29) is 0 Å². The van der Waals surface area contributed by atoms with Crippen molar-refractivity contribution in [3.63, 3.8) is 0 Å². The SMILES string of the molecule is COCCOCCCNC(=NCc1nnc(C)n1C)NCCCN(C)c1ccccc1. The number of ether oxygens (including phenoxy) is 2. The second-order valence-corrected chi connectivity index (χ2v) is 7.31. The Bertz CT molecular complexity index is 764. The molecule has 0 spiro atoms. The molecule has 0 aliphatic rings. The maximum atomic E-state index is 5.52. The van der Waals surface area contributed by atoms with E-state index in [1.165, 1.54) is 5.69 Å². The third kappa shape index (κ3) is 9.35. The first-order chi connectivity index (χ1) is 15.1. The van der Waals surface area contributed by atoms with Crippen LogP contribution in [0.25, 0.3) is 0 Å². The summed E-state index contributed by atoms with van der Waals surface area (Å²) in [6.07, 6.45) is 1.89. The first-order valence-corrected chi connectivity index (χ1v) is 10.8. The lowest BCUT2D eigenvalue weighted by Gasteiger charge is -2.19. The smallest absolute Gasteiger partial charge is 0.191 e. The van der Waals surface area contributed by atoms with Gasteiger partial charge in [0.25, 0.3) is 0 Å². The van der Waals surface area contributed by atoms with Crippen molar-refractivity contribution in [2.24, 2.45) is 12.0 Å². The highest BCUT2D eigenvalue weighted by atomic mass is 16.5. The van der Waals surface area contributed by atoms with Gasteiger partial charge in [0, 0.05) is 53.1 Å². The van der Waals surface area contributed by atoms with Gasteiger partial charge >= 0.3 is 0 Å². The zero-order valence-electron chi connectivity index (χ0n) is 19.3. The number of aromatic nitrogens is 3. The van der Waals surface area contributed by atoms with E-state index < -0.39 is 0 Å². The Morgan fingerprint density at radius 3 is 2.48 bits per heavy atom. The average molecular weight is 432 g/mol. The van der Waals surface area contributed by atoms with Crippen LogP contribution in [-0.2, 0) is 23.1 Å². The number of para-hydroxylation sites is 1. The number of benzene rings is 1. The molecule has 2 aromatic rings. The van der Waals surface area contributed by atoms with Gasteiger partial charge < -0.3 is 29.6 Å². The lowest BCUT2D eigenvalue weighted by Crippen LogP contribution is -2.39. The van der Waals surface area contributed by atoms with Gasteiger partial charge in [-0.2, -0.15) is 0 Å². The number of aryl methyl sites for hydroxylation is 1. The number of aliphatic imine (C=N–C) groups is 1. The molecule has 9 nitrogen and oxygen atoms in total.